The number of piperidine rings is 1. The number of nitrogens with one attached hydrogen (secondary N) is 1. The summed E-state index contributed by atoms with van der Waals surface area (Å²) in [6.45, 7) is 6.42. The summed E-state index contributed by atoms with van der Waals surface area (Å²) in [6.07, 6.45) is 3.33. The summed E-state index contributed by atoms with van der Waals surface area (Å²) in [5.41, 5.74) is 0.437. The average Bonchev–Trinajstić information content (AvgIpc) is 3.21. The Kier molecular flexibility index (Phi) is 8.32. The summed E-state index contributed by atoms with van der Waals surface area (Å²) in [5.74, 6) is 1.27. The lowest BCUT2D eigenvalue weighted by Crippen LogP contribution is -2.36. The molecule has 1 saturated heterocycles. The van der Waals surface area contributed by atoms with Crippen LogP contribution in [0.15, 0.2) is 22.5 Å². The minimum Gasteiger partial charge on any atom is -0.490 e. The van der Waals surface area contributed by atoms with Gasteiger partial charge in [-0.3, -0.25) is 14.9 Å². The SMILES string of the molecule is CCOc1ccc(C(=O)Nc2nnc(SCC(=O)N3CCCCC3)s2)cc1OCC. The molecule has 0 saturated carbocycles. The molecule has 2 aromatic rings. The normalized spacial score (nSPS) is 13.7. The Morgan fingerprint density at radius 1 is 1.10 bits per heavy atom. The number of rotatable bonds is 9. The van der Waals surface area contributed by atoms with Gasteiger partial charge in [0.2, 0.25) is 11.0 Å². The molecular formula is C20H26N4O4S2. The molecule has 1 fully saturated rings. The van der Waals surface area contributed by atoms with Gasteiger partial charge in [0.25, 0.3) is 5.91 Å². The van der Waals surface area contributed by atoms with E-state index < -0.39 is 0 Å². The number of amides is 2. The number of likely N-dealkylation sites (tertiary alicyclic amines) is 1. The van der Waals surface area contributed by atoms with E-state index in [4.69, 9.17) is 9.47 Å². The van der Waals surface area contributed by atoms with E-state index in [9.17, 15) is 9.59 Å². The quantitative estimate of drug-likeness (QED) is 0.460. The number of carbonyl (C=O) groups is 2. The molecule has 2 heterocycles. The lowest BCUT2D eigenvalue weighted by molar-refractivity contribution is -0.129. The van der Waals surface area contributed by atoms with Crippen molar-refractivity contribution in [1.29, 1.82) is 0 Å². The van der Waals surface area contributed by atoms with Crippen molar-refractivity contribution in [2.75, 3.05) is 37.4 Å². The first-order valence-corrected chi connectivity index (χ1v) is 11.9. The van der Waals surface area contributed by atoms with Gasteiger partial charge in [0.1, 0.15) is 0 Å². The molecule has 1 aliphatic heterocycles. The Morgan fingerprint density at radius 3 is 2.57 bits per heavy atom. The van der Waals surface area contributed by atoms with E-state index in [1.165, 1.54) is 29.5 Å². The van der Waals surface area contributed by atoms with Gasteiger partial charge in [-0.05, 0) is 51.3 Å². The largest absolute Gasteiger partial charge is 0.490 e. The minimum atomic E-state index is -0.309. The molecule has 1 N–H and O–H groups in total. The van der Waals surface area contributed by atoms with Crippen molar-refractivity contribution < 1.29 is 19.1 Å². The second-order valence-electron chi connectivity index (χ2n) is 6.58. The predicted octanol–water partition coefficient (Wildman–Crippen LogP) is 3.69. The van der Waals surface area contributed by atoms with Gasteiger partial charge >= 0.3 is 0 Å². The van der Waals surface area contributed by atoms with Crippen LogP contribution in [0.1, 0.15) is 43.5 Å². The van der Waals surface area contributed by atoms with Crippen LogP contribution in [-0.2, 0) is 4.79 Å². The minimum absolute atomic E-state index is 0.123. The van der Waals surface area contributed by atoms with Crippen molar-refractivity contribution in [3.8, 4) is 11.5 Å². The summed E-state index contributed by atoms with van der Waals surface area (Å²) in [5, 5.41) is 11.2. The van der Waals surface area contributed by atoms with Gasteiger partial charge in [0.05, 0.1) is 19.0 Å². The van der Waals surface area contributed by atoms with Crippen LogP contribution in [0.4, 0.5) is 5.13 Å². The van der Waals surface area contributed by atoms with Crippen molar-refractivity contribution >= 4 is 40.0 Å². The maximum Gasteiger partial charge on any atom is 0.257 e. The molecule has 0 spiro atoms. The van der Waals surface area contributed by atoms with Crippen molar-refractivity contribution in [3.63, 3.8) is 0 Å². The zero-order valence-corrected chi connectivity index (χ0v) is 18.8. The van der Waals surface area contributed by atoms with Gasteiger partial charge in [-0.2, -0.15) is 0 Å². The number of anilines is 1. The van der Waals surface area contributed by atoms with Crippen molar-refractivity contribution in [2.45, 2.75) is 37.4 Å². The maximum absolute atomic E-state index is 12.6. The molecule has 1 aliphatic rings. The van der Waals surface area contributed by atoms with Crippen molar-refractivity contribution in [3.05, 3.63) is 23.8 Å². The van der Waals surface area contributed by atoms with Gasteiger partial charge in [-0.1, -0.05) is 23.1 Å². The van der Waals surface area contributed by atoms with E-state index in [-0.39, 0.29) is 11.8 Å². The summed E-state index contributed by atoms with van der Waals surface area (Å²) in [6, 6.07) is 5.05. The van der Waals surface area contributed by atoms with Gasteiger partial charge < -0.3 is 14.4 Å². The molecular weight excluding hydrogens is 424 g/mol. The van der Waals surface area contributed by atoms with E-state index >= 15 is 0 Å². The van der Waals surface area contributed by atoms with Crippen LogP contribution in [0.5, 0.6) is 11.5 Å². The highest BCUT2D eigenvalue weighted by Gasteiger charge is 2.18. The smallest absolute Gasteiger partial charge is 0.257 e. The Hall–Kier alpha value is -2.33. The second-order valence-corrected chi connectivity index (χ2v) is 8.78. The second kappa shape index (κ2) is 11.2. The fraction of sp³-hybridized carbons (Fsp3) is 0.500. The van der Waals surface area contributed by atoms with E-state index in [1.807, 2.05) is 18.7 Å². The summed E-state index contributed by atoms with van der Waals surface area (Å²) in [7, 11) is 0. The zero-order valence-electron chi connectivity index (χ0n) is 17.2. The first-order valence-electron chi connectivity index (χ1n) is 10.1. The molecule has 0 bridgehead atoms. The summed E-state index contributed by atoms with van der Waals surface area (Å²) >= 11 is 2.60. The summed E-state index contributed by atoms with van der Waals surface area (Å²) < 4.78 is 11.7. The Balaban J connectivity index is 1.56. The zero-order chi connectivity index (χ0) is 21.3. The average molecular weight is 451 g/mol. The molecule has 0 radical (unpaired) electrons. The van der Waals surface area contributed by atoms with Gasteiger partial charge in [-0.25, -0.2) is 0 Å². The molecule has 0 aliphatic carbocycles. The predicted molar refractivity (Wildman–Crippen MR) is 118 cm³/mol. The van der Waals surface area contributed by atoms with Crippen molar-refractivity contribution in [1.82, 2.24) is 15.1 Å². The molecule has 3 rings (SSSR count). The monoisotopic (exact) mass is 450 g/mol. The highest BCUT2D eigenvalue weighted by Crippen LogP contribution is 2.30. The van der Waals surface area contributed by atoms with Gasteiger partial charge in [0, 0.05) is 18.7 Å². The Bertz CT molecular complexity index is 868. The van der Waals surface area contributed by atoms with Gasteiger partial charge in [0.15, 0.2) is 15.8 Å². The number of thioether (sulfide) groups is 1. The van der Waals surface area contributed by atoms with Crippen LogP contribution < -0.4 is 14.8 Å². The number of nitrogens with zero attached hydrogens (tertiary/aromatic N) is 3. The van der Waals surface area contributed by atoms with Crippen LogP contribution >= 0.6 is 23.1 Å². The van der Waals surface area contributed by atoms with Crippen LogP contribution in [0, 0.1) is 0 Å². The maximum atomic E-state index is 12.6. The molecule has 0 atom stereocenters. The molecule has 30 heavy (non-hydrogen) atoms. The van der Waals surface area contributed by atoms with Gasteiger partial charge in [-0.15, -0.1) is 10.2 Å². The van der Waals surface area contributed by atoms with E-state index in [1.54, 1.807) is 18.2 Å². The van der Waals surface area contributed by atoms with Crippen LogP contribution in [-0.4, -0.2) is 59.0 Å². The van der Waals surface area contributed by atoms with Crippen LogP contribution in [0.25, 0.3) is 0 Å². The molecule has 162 valence electrons. The fourth-order valence-electron chi connectivity index (χ4n) is 3.04. The third-order valence-corrected chi connectivity index (χ3v) is 6.42. The molecule has 10 heteroatoms. The third kappa shape index (κ3) is 6.09. The summed E-state index contributed by atoms with van der Waals surface area (Å²) in [4.78, 5) is 26.8. The number of aromatic nitrogens is 2. The molecule has 0 unspecified atom stereocenters. The molecule has 1 aromatic carbocycles. The highest BCUT2D eigenvalue weighted by molar-refractivity contribution is 8.01. The third-order valence-electron chi connectivity index (χ3n) is 4.46. The number of hydrogen-bond donors (Lipinski definition) is 1. The number of hydrogen-bond acceptors (Lipinski definition) is 8. The lowest BCUT2D eigenvalue weighted by atomic mass is 10.1. The molecule has 2 amide bonds. The van der Waals surface area contributed by atoms with E-state index in [2.05, 4.69) is 15.5 Å². The first kappa shape index (κ1) is 22.4. The standard InChI is InChI=1S/C20H26N4O4S2/c1-3-27-15-9-8-14(12-16(15)28-4-2)18(26)21-19-22-23-20(30-19)29-13-17(25)24-10-6-5-7-11-24/h8-9,12H,3-7,10-11,13H2,1-2H3,(H,21,22,26). The topological polar surface area (TPSA) is 93.7 Å². The Labute approximate surface area is 184 Å². The first-order chi connectivity index (χ1) is 14.6. The molecule has 1 aromatic heterocycles. The fourth-order valence-corrected chi connectivity index (χ4v) is 4.69. The van der Waals surface area contributed by atoms with E-state index in [0.29, 0.717) is 45.5 Å². The number of carbonyl (C=O) groups excluding carboxylic acids is 2. The van der Waals surface area contributed by atoms with Crippen molar-refractivity contribution in [2.24, 2.45) is 0 Å². The highest BCUT2D eigenvalue weighted by atomic mass is 32.2. The van der Waals surface area contributed by atoms with E-state index in [0.717, 1.165) is 25.9 Å². The Morgan fingerprint density at radius 2 is 1.83 bits per heavy atom. The number of benzene rings is 1. The van der Waals surface area contributed by atoms with Crippen LogP contribution in [0.2, 0.25) is 0 Å². The molecule has 8 nitrogen and oxygen atoms in total. The van der Waals surface area contributed by atoms with Crippen LogP contribution in [0.3, 0.4) is 0 Å². The lowest BCUT2D eigenvalue weighted by Gasteiger charge is -2.26. The number of ether oxygens (including phenoxy) is 2.